The van der Waals surface area contributed by atoms with Crippen LogP contribution in [0.25, 0.3) is 16.8 Å². The molecule has 2 nitrogen and oxygen atoms in total. The van der Waals surface area contributed by atoms with E-state index in [0.717, 1.165) is 5.75 Å². The smallest absolute Gasteiger partial charge is 0.211 e. The first kappa shape index (κ1) is 16.2. The largest absolute Gasteiger partial charge is 0.463 e. The molecule has 0 bridgehead atoms. The summed E-state index contributed by atoms with van der Waals surface area (Å²) in [7, 11) is 2.13. The number of nitrogens with zero attached hydrogens (tertiary/aromatic N) is 1. The van der Waals surface area contributed by atoms with E-state index in [4.69, 9.17) is 4.74 Å². The Kier molecular flexibility index (Phi) is 3.27. The van der Waals surface area contributed by atoms with E-state index >= 15 is 0 Å². The molecule has 0 aromatic heterocycles. The molecule has 1 unspecified atom stereocenters. The Labute approximate surface area is 167 Å². The second kappa shape index (κ2) is 5.26. The topological polar surface area (TPSA) is 12.5 Å². The molecule has 5 rings (SSSR count). The van der Waals surface area contributed by atoms with Gasteiger partial charge in [-0.15, -0.1) is 0 Å². The maximum atomic E-state index is 6.77. The SMILES string of the molecule is CN1c2ccccc2C(C)(C)C12C=Cc1c(ccc3cc(I)ccc13)O2. The van der Waals surface area contributed by atoms with Crippen molar-refractivity contribution in [3.05, 3.63) is 75.4 Å². The maximum absolute atomic E-state index is 6.77. The molecular formula is C23H20INO. The lowest BCUT2D eigenvalue weighted by Crippen LogP contribution is -2.58. The number of hydrogen-bond acceptors (Lipinski definition) is 2. The molecule has 3 aromatic carbocycles. The Morgan fingerprint density at radius 2 is 1.81 bits per heavy atom. The number of para-hydroxylation sites is 1. The second-order valence-corrected chi connectivity index (χ2v) is 8.92. The van der Waals surface area contributed by atoms with Gasteiger partial charge in [0, 0.05) is 21.9 Å². The van der Waals surface area contributed by atoms with Gasteiger partial charge in [-0.3, -0.25) is 0 Å². The van der Waals surface area contributed by atoms with Crippen LogP contribution < -0.4 is 9.64 Å². The van der Waals surface area contributed by atoms with E-state index in [1.165, 1.54) is 31.2 Å². The van der Waals surface area contributed by atoms with Gasteiger partial charge in [-0.05, 0) is 89.2 Å². The third-order valence-electron chi connectivity index (χ3n) is 6.06. The van der Waals surface area contributed by atoms with Gasteiger partial charge in [0.15, 0.2) is 0 Å². The van der Waals surface area contributed by atoms with Crippen molar-refractivity contribution in [2.24, 2.45) is 0 Å². The molecule has 3 aromatic rings. The minimum absolute atomic E-state index is 0.159. The monoisotopic (exact) mass is 453 g/mol. The average Bonchev–Trinajstić information content (AvgIpc) is 2.80. The van der Waals surface area contributed by atoms with E-state index in [0.29, 0.717) is 0 Å². The molecule has 2 aliphatic heterocycles. The summed E-state index contributed by atoms with van der Waals surface area (Å²) in [5.41, 5.74) is 3.06. The quantitative estimate of drug-likeness (QED) is 0.389. The minimum atomic E-state index is -0.513. The van der Waals surface area contributed by atoms with Crippen LogP contribution in [0.3, 0.4) is 0 Å². The number of benzene rings is 3. The van der Waals surface area contributed by atoms with Crippen molar-refractivity contribution < 1.29 is 4.74 Å². The Hall–Kier alpha value is -2.01. The molecule has 0 fully saturated rings. The van der Waals surface area contributed by atoms with Gasteiger partial charge in [-0.25, -0.2) is 0 Å². The summed E-state index contributed by atoms with van der Waals surface area (Å²) >= 11 is 2.36. The summed E-state index contributed by atoms with van der Waals surface area (Å²) < 4.78 is 8.02. The first-order valence-electron chi connectivity index (χ1n) is 8.88. The lowest BCUT2D eigenvalue weighted by atomic mass is 9.76. The molecule has 1 atom stereocenters. The number of halogens is 1. The van der Waals surface area contributed by atoms with Gasteiger partial charge in [0.25, 0.3) is 0 Å². The van der Waals surface area contributed by atoms with Crippen molar-refractivity contribution >= 4 is 45.1 Å². The van der Waals surface area contributed by atoms with Crippen molar-refractivity contribution in [3.63, 3.8) is 0 Å². The number of rotatable bonds is 0. The molecule has 0 N–H and O–H groups in total. The van der Waals surface area contributed by atoms with Crippen LogP contribution in [0.5, 0.6) is 5.75 Å². The van der Waals surface area contributed by atoms with Gasteiger partial charge in [0.1, 0.15) is 5.75 Å². The van der Waals surface area contributed by atoms with Gasteiger partial charge in [-0.2, -0.15) is 0 Å². The van der Waals surface area contributed by atoms with E-state index < -0.39 is 5.72 Å². The van der Waals surface area contributed by atoms with Crippen molar-refractivity contribution in [1.29, 1.82) is 0 Å². The predicted molar refractivity (Wildman–Crippen MR) is 117 cm³/mol. The van der Waals surface area contributed by atoms with Gasteiger partial charge < -0.3 is 9.64 Å². The molecule has 2 heterocycles. The summed E-state index contributed by atoms with van der Waals surface area (Å²) in [6.45, 7) is 4.54. The first-order chi connectivity index (χ1) is 12.4. The van der Waals surface area contributed by atoms with E-state index in [9.17, 15) is 0 Å². The van der Waals surface area contributed by atoms with Crippen LogP contribution in [0, 0.1) is 3.57 Å². The summed E-state index contributed by atoms with van der Waals surface area (Å²) in [4.78, 5) is 2.28. The fourth-order valence-corrected chi connectivity index (χ4v) is 5.08. The van der Waals surface area contributed by atoms with Gasteiger partial charge in [0.2, 0.25) is 5.72 Å². The van der Waals surface area contributed by atoms with Crippen LogP contribution >= 0.6 is 22.6 Å². The molecule has 2 aliphatic rings. The Morgan fingerprint density at radius 1 is 1.00 bits per heavy atom. The highest BCUT2D eigenvalue weighted by atomic mass is 127. The zero-order valence-electron chi connectivity index (χ0n) is 15.1. The molecule has 0 amide bonds. The number of likely N-dealkylation sites (N-methyl/N-ethyl adjacent to an activating group) is 1. The molecule has 130 valence electrons. The summed E-state index contributed by atoms with van der Waals surface area (Å²) in [5, 5.41) is 2.49. The Morgan fingerprint density at radius 3 is 2.62 bits per heavy atom. The normalized spacial score (nSPS) is 22.4. The highest BCUT2D eigenvalue weighted by Crippen LogP contribution is 2.54. The molecule has 0 saturated heterocycles. The van der Waals surface area contributed by atoms with Crippen molar-refractivity contribution in [2.75, 3.05) is 11.9 Å². The highest BCUT2D eigenvalue weighted by Gasteiger charge is 2.57. The van der Waals surface area contributed by atoms with Crippen LogP contribution in [0.15, 0.2) is 60.7 Å². The van der Waals surface area contributed by atoms with E-state index in [-0.39, 0.29) is 5.41 Å². The van der Waals surface area contributed by atoms with Crippen LogP contribution in [0.4, 0.5) is 5.69 Å². The van der Waals surface area contributed by atoms with Crippen molar-refractivity contribution in [1.82, 2.24) is 0 Å². The number of hydrogen-bond donors (Lipinski definition) is 0. The molecule has 26 heavy (non-hydrogen) atoms. The van der Waals surface area contributed by atoms with Crippen molar-refractivity contribution in [2.45, 2.75) is 25.0 Å². The summed E-state index contributed by atoms with van der Waals surface area (Å²) in [6, 6.07) is 19.5. The molecule has 0 saturated carbocycles. The highest BCUT2D eigenvalue weighted by molar-refractivity contribution is 14.1. The zero-order chi connectivity index (χ0) is 18.1. The summed E-state index contributed by atoms with van der Waals surface area (Å²) in [5.74, 6) is 0.953. The van der Waals surface area contributed by atoms with Gasteiger partial charge >= 0.3 is 0 Å². The van der Waals surface area contributed by atoms with E-state index in [2.05, 4.69) is 115 Å². The third-order valence-corrected chi connectivity index (χ3v) is 6.73. The van der Waals surface area contributed by atoms with Crippen LogP contribution in [0.1, 0.15) is 25.0 Å². The molecule has 0 radical (unpaired) electrons. The fourth-order valence-electron chi connectivity index (χ4n) is 4.57. The van der Waals surface area contributed by atoms with Crippen molar-refractivity contribution in [3.8, 4) is 5.75 Å². The van der Waals surface area contributed by atoms with E-state index in [1.54, 1.807) is 0 Å². The lowest BCUT2D eigenvalue weighted by molar-refractivity contribution is 0.0584. The first-order valence-corrected chi connectivity index (χ1v) is 9.96. The predicted octanol–water partition coefficient (Wildman–Crippen LogP) is 5.97. The lowest BCUT2D eigenvalue weighted by Gasteiger charge is -2.46. The molecule has 1 spiro atoms. The van der Waals surface area contributed by atoms with Crippen LogP contribution in [-0.4, -0.2) is 12.8 Å². The maximum Gasteiger partial charge on any atom is 0.211 e. The number of anilines is 1. The molecular weight excluding hydrogens is 433 g/mol. The standard InChI is InChI=1S/C23H20INO/c1-22(2)19-6-4-5-7-20(19)25(3)23(22)13-12-18-17-10-9-16(24)14-15(17)8-11-21(18)26-23/h4-14H,1-3H3. The molecule has 3 heteroatoms. The Balaban J connectivity index is 1.70. The molecule has 0 aliphatic carbocycles. The fraction of sp³-hybridized carbons (Fsp3) is 0.217. The Bertz CT molecular complexity index is 1080. The minimum Gasteiger partial charge on any atom is -0.463 e. The third kappa shape index (κ3) is 1.92. The van der Waals surface area contributed by atoms with E-state index in [1.807, 2.05) is 0 Å². The zero-order valence-corrected chi connectivity index (χ0v) is 17.2. The summed E-state index contributed by atoms with van der Waals surface area (Å²) in [6.07, 6.45) is 4.49. The van der Waals surface area contributed by atoms with Crippen LogP contribution in [-0.2, 0) is 5.41 Å². The van der Waals surface area contributed by atoms with Crippen LogP contribution in [0.2, 0.25) is 0 Å². The van der Waals surface area contributed by atoms with Gasteiger partial charge in [-0.1, -0.05) is 30.3 Å². The second-order valence-electron chi connectivity index (χ2n) is 7.68. The number of ether oxygens (including phenoxy) is 1. The number of fused-ring (bicyclic) bond motifs is 4. The average molecular weight is 453 g/mol. The van der Waals surface area contributed by atoms with Gasteiger partial charge in [0.05, 0.1) is 5.41 Å².